The minimum atomic E-state index is 0.907. The Bertz CT molecular complexity index is 267. The third-order valence-electron chi connectivity index (χ3n) is 2.53. The lowest BCUT2D eigenvalue weighted by Gasteiger charge is -1.89. The van der Waals surface area contributed by atoms with Gasteiger partial charge in [-0.1, -0.05) is 49.4 Å². The molecule has 0 nitrogen and oxygen atoms in total. The summed E-state index contributed by atoms with van der Waals surface area (Å²) < 4.78 is 0. The van der Waals surface area contributed by atoms with Gasteiger partial charge in [-0.15, -0.1) is 0 Å². The van der Waals surface area contributed by atoms with Crippen molar-refractivity contribution in [1.29, 1.82) is 0 Å². The second-order valence-corrected chi connectivity index (χ2v) is 3.96. The second-order valence-electron chi connectivity index (χ2n) is 3.96. The summed E-state index contributed by atoms with van der Waals surface area (Å²) in [5.74, 6) is 0.907. The van der Waals surface area contributed by atoms with E-state index in [1.54, 1.807) is 0 Å². The van der Waals surface area contributed by atoms with Gasteiger partial charge in [0.2, 0.25) is 0 Å². The van der Waals surface area contributed by atoms with Crippen molar-refractivity contribution in [3.63, 3.8) is 0 Å². The molecule has 0 amide bonds. The number of hydrogen-bond donors (Lipinski definition) is 0. The van der Waals surface area contributed by atoms with Crippen LogP contribution in [0.5, 0.6) is 0 Å². The van der Waals surface area contributed by atoms with Crippen molar-refractivity contribution in [1.82, 2.24) is 0 Å². The molecule has 0 spiro atoms. The van der Waals surface area contributed by atoms with Gasteiger partial charge in [0.15, 0.2) is 0 Å². The van der Waals surface area contributed by atoms with Crippen molar-refractivity contribution in [3.8, 4) is 0 Å². The van der Waals surface area contributed by atoms with Gasteiger partial charge in [0.05, 0.1) is 0 Å². The van der Waals surface area contributed by atoms with Gasteiger partial charge in [0.25, 0.3) is 0 Å². The third kappa shape index (κ3) is 4.27. The van der Waals surface area contributed by atoms with Gasteiger partial charge in [-0.3, -0.25) is 0 Å². The Morgan fingerprint density at radius 3 is 2.07 bits per heavy atom. The van der Waals surface area contributed by atoms with Crippen LogP contribution >= 0.6 is 0 Å². The Labute approximate surface area is 87.7 Å². The molecule has 76 valence electrons. The molecule has 0 heterocycles. The number of hydrogen-bond acceptors (Lipinski definition) is 0. The molecule has 1 aliphatic rings. The van der Waals surface area contributed by atoms with Gasteiger partial charge in [0.1, 0.15) is 0 Å². The highest BCUT2D eigenvalue weighted by Crippen LogP contribution is 2.34. The van der Waals surface area contributed by atoms with Crippen molar-refractivity contribution in [2.75, 3.05) is 0 Å². The van der Waals surface area contributed by atoms with Gasteiger partial charge >= 0.3 is 0 Å². The second kappa shape index (κ2) is 5.64. The van der Waals surface area contributed by atoms with Crippen LogP contribution in [0.2, 0.25) is 0 Å². The highest BCUT2D eigenvalue weighted by Gasteiger charge is 2.20. The van der Waals surface area contributed by atoms with Crippen LogP contribution in [0.25, 0.3) is 0 Å². The number of allylic oxidation sites excluding steroid dienone is 1. The molecule has 0 N–H and O–H groups in total. The minimum absolute atomic E-state index is 0.907. The highest BCUT2D eigenvalue weighted by atomic mass is 14.3. The largest absolute Gasteiger partial charge is 0.0999 e. The fraction of sp³-hybridized carbons (Fsp3) is 0.429. The van der Waals surface area contributed by atoms with E-state index < -0.39 is 0 Å². The lowest BCUT2D eigenvalue weighted by molar-refractivity contribution is 1.02. The van der Waals surface area contributed by atoms with E-state index >= 15 is 0 Å². The maximum Gasteiger partial charge on any atom is -0.0208 e. The Morgan fingerprint density at radius 2 is 1.86 bits per heavy atom. The molecule has 0 heteroatoms. The smallest absolute Gasteiger partial charge is 0.0208 e. The van der Waals surface area contributed by atoms with Crippen LogP contribution in [0.1, 0.15) is 32.3 Å². The van der Waals surface area contributed by atoms with Gasteiger partial charge in [-0.05, 0) is 37.7 Å². The number of benzene rings is 1. The summed E-state index contributed by atoms with van der Waals surface area (Å²) in [7, 11) is 0. The molecule has 2 rings (SSSR count). The lowest BCUT2D eigenvalue weighted by Crippen LogP contribution is -1.73. The maximum absolute atomic E-state index is 3.82. The minimum Gasteiger partial charge on any atom is -0.0999 e. The summed E-state index contributed by atoms with van der Waals surface area (Å²) in [6.45, 7) is 8.09. The van der Waals surface area contributed by atoms with E-state index in [9.17, 15) is 0 Å². The first-order valence-corrected chi connectivity index (χ1v) is 5.43. The maximum atomic E-state index is 3.82. The molecule has 1 aromatic carbocycles. The predicted octanol–water partition coefficient (Wildman–Crippen LogP) is 4.22. The van der Waals surface area contributed by atoms with Crippen LogP contribution < -0.4 is 0 Å². The van der Waals surface area contributed by atoms with Crippen molar-refractivity contribution < 1.29 is 0 Å². The Balaban J connectivity index is 0.000000146. The van der Waals surface area contributed by atoms with E-state index in [0.717, 1.165) is 12.3 Å². The van der Waals surface area contributed by atoms with Gasteiger partial charge in [-0.25, -0.2) is 0 Å². The first-order chi connectivity index (χ1) is 6.74. The Kier molecular flexibility index (Phi) is 4.45. The average molecular weight is 188 g/mol. The van der Waals surface area contributed by atoms with Gasteiger partial charge in [0, 0.05) is 0 Å². The molecule has 0 aliphatic heterocycles. The molecule has 0 radical (unpaired) electrons. The molecule has 0 saturated heterocycles. The zero-order valence-electron chi connectivity index (χ0n) is 9.29. The fourth-order valence-electron chi connectivity index (χ4n) is 1.29. The van der Waals surface area contributed by atoms with Crippen LogP contribution in [0, 0.1) is 5.92 Å². The number of rotatable bonds is 2. The fourth-order valence-corrected chi connectivity index (χ4v) is 1.29. The van der Waals surface area contributed by atoms with Crippen LogP contribution in [-0.2, 0) is 6.42 Å². The summed E-state index contributed by atoms with van der Waals surface area (Å²) in [6, 6.07) is 10.5. The first-order valence-electron chi connectivity index (χ1n) is 5.43. The normalized spacial score (nSPS) is 14.1. The molecule has 1 aliphatic carbocycles. The average Bonchev–Trinajstić information content (AvgIpc) is 3.03. The summed E-state index contributed by atoms with van der Waals surface area (Å²) in [5.41, 5.74) is 2.78. The van der Waals surface area contributed by atoms with E-state index in [1.807, 2.05) is 6.07 Å². The van der Waals surface area contributed by atoms with Crippen molar-refractivity contribution in [3.05, 3.63) is 48.0 Å². The molecule has 0 aromatic heterocycles. The predicted molar refractivity (Wildman–Crippen MR) is 63.4 cm³/mol. The third-order valence-corrected chi connectivity index (χ3v) is 2.53. The van der Waals surface area contributed by atoms with Crippen LogP contribution in [0.3, 0.4) is 0 Å². The Hall–Kier alpha value is -1.04. The molecule has 0 bridgehead atoms. The van der Waals surface area contributed by atoms with Crippen molar-refractivity contribution >= 4 is 0 Å². The Morgan fingerprint density at radius 1 is 1.29 bits per heavy atom. The molecule has 14 heavy (non-hydrogen) atoms. The summed E-state index contributed by atoms with van der Waals surface area (Å²) in [6.07, 6.45) is 3.94. The topological polar surface area (TPSA) is 0 Å². The summed E-state index contributed by atoms with van der Waals surface area (Å²) in [5, 5.41) is 0. The van der Waals surface area contributed by atoms with E-state index in [2.05, 4.69) is 44.7 Å². The standard InChI is InChI=1S/C8H10.C6H10/c1-2-8-6-4-3-5-7-8;1-5(2)6-3-4-6/h3-7H,2H2,1H3;6H,1,3-4H2,2H3. The highest BCUT2D eigenvalue weighted by molar-refractivity contribution is 5.13. The van der Waals surface area contributed by atoms with E-state index in [0.29, 0.717) is 0 Å². The quantitative estimate of drug-likeness (QED) is 0.609. The monoisotopic (exact) mass is 188 g/mol. The molecule has 0 atom stereocenters. The summed E-state index contributed by atoms with van der Waals surface area (Å²) >= 11 is 0. The summed E-state index contributed by atoms with van der Waals surface area (Å²) in [4.78, 5) is 0. The molecular formula is C14H20. The molecular weight excluding hydrogens is 168 g/mol. The van der Waals surface area contributed by atoms with Crippen molar-refractivity contribution in [2.24, 2.45) is 5.92 Å². The van der Waals surface area contributed by atoms with Gasteiger partial charge in [-0.2, -0.15) is 0 Å². The SMILES string of the molecule is C=C(C)C1CC1.CCc1ccccc1. The van der Waals surface area contributed by atoms with Crippen molar-refractivity contribution in [2.45, 2.75) is 33.1 Å². The van der Waals surface area contributed by atoms with Crippen LogP contribution in [-0.4, -0.2) is 0 Å². The zero-order chi connectivity index (χ0) is 10.4. The van der Waals surface area contributed by atoms with Crippen LogP contribution in [0.15, 0.2) is 42.5 Å². The van der Waals surface area contributed by atoms with E-state index in [4.69, 9.17) is 0 Å². The van der Waals surface area contributed by atoms with Gasteiger partial charge < -0.3 is 0 Å². The van der Waals surface area contributed by atoms with Crippen LogP contribution in [0.4, 0.5) is 0 Å². The first kappa shape index (κ1) is 11.0. The molecule has 0 unspecified atom stereocenters. The lowest BCUT2D eigenvalue weighted by atomic mass is 10.2. The van der Waals surface area contributed by atoms with E-state index in [1.165, 1.54) is 24.0 Å². The molecule has 1 aromatic rings. The molecule has 1 saturated carbocycles. The molecule has 1 fully saturated rings. The zero-order valence-corrected chi connectivity index (χ0v) is 9.29. The number of aryl methyl sites for hydroxylation is 1. The van der Waals surface area contributed by atoms with E-state index in [-0.39, 0.29) is 0 Å².